The van der Waals surface area contributed by atoms with Gasteiger partial charge in [0.15, 0.2) is 11.7 Å². The Kier molecular flexibility index (Phi) is 4.66. The number of halogens is 6. The maximum atomic E-state index is 12.8. The van der Waals surface area contributed by atoms with E-state index in [0.717, 1.165) is 0 Å². The number of carbonyl (C=O) groups is 1. The second-order valence-electron chi connectivity index (χ2n) is 3.75. The third-order valence-electron chi connectivity index (χ3n) is 2.26. The van der Waals surface area contributed by atoms with Crippen LogP contribution >= 0.6 is 0 Å². The lowest BCUT2D eigenvalue weighted by Gasteiger charge is -2.19. The summed E-state index contributed by atoms with van der Waals surface area (Å²) in [5.74, 6) is -1.17. The van der Waals surface area contributed by atoms with Gasteiger partial charge in [0.1, 0.15) is 0 Å². The molecular weight excluding hydrogens is 294 g/mol. The maximum absolute atomic E-state index is 12.8. The van der Waals surface area contributed by atoms with Crippen LogP contribution in [0.3, 0.4) is 0 Å². The van der Waals surface area contributed by atoms with Crippen molar-refractivity contribution in [2.75, 3.05) is 6.61 Å². The van der Waals surface area contributed by atoms with E-state index in [1.807, 2.05) is 0 Å². The van der Waals surface area contributed by atoms with Gasteiger partial charge in [-0.2, -0.15) is 31.4 Å². The Morgan fingerprint density at radius 1 is 1.35 bits per heavy atom. The molecule has 0 radical (unpaired) electrons. The zero-order chi connectivity index (χ0) is 15.6. The molecule has 4 nitrogen and oxygen atoms in total. The van der Waals surface area contributed by atoms with Crippen molar-refractivity contribution >= 4 is 5.97 Å². The molecule has 0 aliphatic heterocycles. The van der Waals surface area contributed by atoms with Crippen LogP contribution < -0.4 is 0 Å². The zero-order valence-electron chi connectivity index (χ0n) is 10.1. The molecule has 0 saturated carbocycles. The van der Waals surface area contributed by atoms with Crippen LogP contribution in [0.4, 0.5) is 26.3 Å². The van der Waals surface area contributed by atoms with Crippen LogP contribution in [0.2, 0.25) is 0 Å². The summed E-state index contributed by atoms with van der Waals surface area (Å²) in [5, 5.41) is 2.83. The average Bonchev–Trinajstić information content (AvgIpc) is 2.73. The second-order valence-corrected chi connectivity index (χ2v) is 3.75. The van der Waals surface area contributed by atoms with Crippen LogP contribution in [0.15, 0.2) is 12.3 Å². The van der Waals surface area contributed by atoms with Gasteiger partial charge in [-0.3, -0.25) is 9.48 Å². The zero-order valence-corrected chi connectivity index (χ0v) is 10.1. The Bertz CT molecular complexity index is 465. The van der Waals surface area contributed by atoms with Crippen LogP contribution in [0.1, 0.15) is 25.1 Å². The highest BCUT2D eigenvalue weighted by atomic mass is 19.4. The van der Waals surface area contributed by atoms with Crippen molar-refractivity contribution in [3.05, 3.63) is 18.0 Å². The molecule has 20 heavy (non-hydrogen) atoms. The number of alkyl halides is 6. The van der Waals surface area contributed by atoms with E-state index in [1.54, 1.807) is 0 Å². The Morgan fingerprint density at radius 3 is 2.35 bits per heavy atom. The van der Waals surface area contributed by atoms with Gasteiger partial charge < -0.3 is 4.74 Å². The smallest absolute Gasteiger partial charge is 0.435 e. The first-order valence-electron chi connectivity index (χ1n) is 5.40. The third-order valence-corrected chi connectivity index (χ3v) is 2.26. The second kappa shape index (κ2) is 5.71. The highest BCUT2D eigenvalue weighted by Crippen LogP contribution is 2.35. The van der Waals surface area contributed by atoms with Gasteiger partial charge in [0.05, 0.1) is 13.0 Å². The number of aromatic nitrogens is 2. The maximum Gasteiger partial charge on any atom is 0.435 e. The van der Waals surface area contributed by atoms with E-state index in [9.17, 15) is 31.1 Å². The SMILES string of the molecule is CCOC(=O)CC(n1ccc(C(F)(F)F)n1)C(F)(F)F. The Morgan fingerprint density at radius 2 is 1.95 bits per heavy atom. The predicted molar refractivity (Wildman–Crippen MR) is 53.6 cm³/mol. The number of carbonyl (C=O) groups excluding carboxylic acids is 1. The number of hydrogen-bond acceptors (Lipinski definition) is 3. The molecule has 114 valence electrons. The molecule has 0 aliphatic rings. The van der Waals surface area contributed by atoms with E-state index in [2.05, 4.69) is 9.84 Å². The first-order valence-corrected chi connectivity index (χ1v) is 5.40. The number of hydrogen-bond donors (Lipinski definition) is 0. The summed E-state index contributed by atoms with van der Waals surface area (Å²) in [4.78, 5) is 11.1. The molecule has 0 aromatic carbocycles. The minimum Gasteiger partial charge on any atom is -0.466 e. The summed E-state index contributed by atoms with van der Waals surface area (Å²) < 4.78 is 79.6. The monoisotopic (exact) mass is 304 g/mol. The van der Waals surface area contributed by atoms with Crippen molar-refractivity contribution < 1.29 is 35.9 Å². The van der Waals surface area contributed by atoms with Gasteiger partial charge in [-0.15, -0.1) is 0 Å². The van der Waals surface area contributed by atoms with Crippen molar-refractivity contribution in [1.29, 1.82) is 0 Å². The minimum absolute atomic E-state index is 0.0692. The topological polar surface area (TPSA) is 44.1 Å². The largest absolute Gasteiger partial charge is 0.466 e. The Balaban J connectivity index is 3.00. The van der Waals surface area contributed by atoms with Gasteiger partial charge in [-0.25, -0.2) is 0 Å². The summed E-state index contributed by atoms with van der Waals surface area (Å²) in [5.41, 5.74) is -1.46. The van der Waals surface area contributed by atoms with E-state index >= 15 is 0 Å². The molecule has 0 spiro atoms. The molecule has 10 heteroatoms. The van der Waals surface area contributed by atoms with Gasteiger partial charge in [-0.05, 0) is 13.0 Å². The van der Waals surface area contributed by atoms with Gasteiger partial charge >= 0.3 is 18.3 Å². The first-order chi connectivity index (χ1) is 9.05. The van der Waals surface area contributed by atoms with Crippen molar-refractivity contribution in [3.8, 4) is 0 Å². The number of esters is 1. The van der Waals surface area contributed by atoms with Crippen molar-refractivity contribution in [2.24, 2.45) is 0 Å². The van der Waals surface area contributed by atoms with E-state index in [1.165, 1.54) is 6.92 Å². The molecule has 0 bridgehead atoms. The summed E-state index contributed by atoms with van der Waals surface area (Å²) in [6.07, 6.45) is -10.4. The molecule has 1 aromatic heterocycles. The molecule has 0 amide bonds. The molecular formula is C10H10F6N2O2. The molecule has 1 unspecified atom stereocenters. The molecule has 1 heterocycles. The molecule has 1 rings (SSSR count). The van der Waals surface area contributed by atoms with E-state index < -0.39 is 36.5 Å². The van der Waals surface area contributed by atoms with Crippen LogP contribution in [0, 0.1) is 0 Å². The lowest BCUT2D eigenvalue weighted by atomic mass is 10.2. The van der Waals surface area contributed by atoms with Crippen molar-refractivity contribution in [1.82, 2.24) is 9.78 Å². The Labute approximate surface area is 109 Å². The molecule has 0 N–H and O–H groups in total. The molecule has 1 aromatic rings. The fourth-order valence-electron chi connectivity index (χ4n) is 1.40. The molecule has 0 aliphatic carbocycles. The van der Waals surface area contributed by atoms with Crippen molar-refractivity contribution in [2.45, 2.75) is 31.7 Å². The van der Waals surface area contributed by atoms with Crippen LogP contribution in [-0.2, 0) is 15.7 Å². The first kappa shape index (κ1) is 16.3. The highest BCUT2D eigenvalue weighted by Gasteiger charge is 2.44. The standard InChI is InChI=1S/C10H10F6N2O2/c1-2-20-8(19)5-7(10(14,15)16)18-4-3-6(17-18)9(11,12)13/h3-4,7H,2,5H2,1H3. The number of nitrogens with zero attached hydrogens (tertiary/aromatic N) is 2. The van der Waals surface area contributed by atoms with Gasteiger partial charge in [0.2, 0.25) is 0 Å². The summed E-state index contributed by atoms with van der Waals surface area (Å²) >= 11 is 0. The van der Waals surface area contributed by atoms with Crippen LogP contribution in [-0.4, -0.2) is 28.5 Å². The lowest BCUT2D eigenvalue weighted by molar-refractivity contribution is -0.181. The third kappa shape index (κ3) is 4.14. The normalized spacial score (nSPS) is 14.2. The van der Waals surface area contributed by atoms with E-state index in [-0.39, 0.29) is 11.3 Å². The molecule has 1 atom stereocenters. The fourth-order valence-corrected chi connectivity index (χ4v) is 1.40. The van der Waals surface area contributed by atoms with Gasteiger partial charge in [-0.1, -0.05) is 0 Å². The number of rotatable bonds is 4. The number of ether oxygens (including phenoxy) is 1. The average molecular weight is 304 g/mol. The van der Waals surface area contributed by atoms with Gasteiger partial charge in [0, 0.05) is 6.20 Å². The van der Waals surface area contributed by atoms with Crippen molar-refractivity contribution in [3.63, 3.8) is 0 Å². The van der Waals surface area contributed by atoms with Gasteiger partial charge in [0.25, 0.3) is 0 Å². The lowest BCUT2D eigenvalue weighted by Crippen LogP contribution is -2.30. The minimum atomic E-state index is -4.93. The molecule has 0 fully saturated rings. The van der Waals surface area contributed by atoms with Crippen LogP contribution in [0.25, 0.3) is 0 Å². The fraction of sp³-hybridized carbons (Fsp3) is 0.600. The van der Waals surface area contributed by atoms with E-state index in [4.69, 9.17) is 0 Å². The van der Waals surface area contributed by atoms with Crippen LogP contribution in [0.5, 0.6) is 0 Å². The molecule has 0 saturated heterocycles. The quantitative estimate of drug-likeness (QED) is 0.634. The predicted octanol–water partition coefficient (Wildman–Crippen LogP) is 2.96. The highest BCUT2D eigenvalue weighted by molar-refractivity contribution is 5.70. The Hall–Kier alpha value is -1.74. The summed E-state index contributed by atoms with van der Waals surface area (Å²) in [7, 11) is 0. The summed E-state index contributed by atoms with van der Waals surface area (Å²) in [6.45, 7) is 1.27. The van der Waals surface area contributed by atoms with E-state index in [0.29, 0.717) is 12.3 Å². The summed E-state index contributed by atoms with van der Waals surface area (Å²) in [6, 6.07) is -2.10.